The summed E-state index contributed by atoms with van der Waals surface area (Å²) in [7, 11) is -9.29. The van der Waals surface area contributed by atoms with Gasteiger partial charge in [-0.05, 0) is 37.3 Å². The van der Waals surface area contributed by atoms with E-state index in [1.807, 2.05) is 0 Å². The number of aryl methyl sites for hydroxylation is 1. The monoisotopic (exact) mass is 606 g/mol. The molecule has 0 bridgehead atoms. The molecular weight excluding hydrogens is 590 g/mol. The van der Waals surface area contributed by atoms with Crippen molar-refractivity contribution in [2.24, 2.45) is 10.2 Å². The van der Waals surface area contributed by atoms with Crippen LogP contribution in [-0.4, -0.2) is 111 Å². The number of phenols is 1. The molecule has 13 nitrogen and oxygen atoms in total. The van der Waals surface area contributed by atoms with Gasteiger partial charge in [-0.1, -0.05) is 17.7 Å². The van der Waals surface area contributed by atoms with Gasteiger partial charge in [0, 0.05) is 22.4 Å². The van der Waals surface area contributed by atoms with Crippen LogP contribution in [0, 0.1) is 6.92 Å². The first-order chi connectivity index (χ1) is 14.3. The van der Waals surface area contributed by atoms with E-state index in [0.717, 1.165) is 28.9 Å². The van der Waals surface area contributed by atoms with Gasteiger partial charge in [0.25, 0.3) is 20.2 Å². The van der Waals surface area contributed by atoms with Crippen molar-refractivity contribution in [2.75, 3.05) is 0 Å². The second kappa shape index (κ2) is 13.8. The van der Waals surface area contributed by atoms with Crippen molar-refractivity contribution >= 4 is 102 Å². The van der Waals surface area contributed by atoms with Gasteiger partial charge >= 0.3 is 59.1 Å². The molecule has 3 rings (SSSR count). The van der Waals surface area contributed by atoms with Crippen molar-refractivity contribution < 1.29 is 59.0 Å². The van der Waals surface area contributed by atoms with Crippen molar-refractivity contribution in [3.8, 4) is 17.3 Å². The van der Waals surface area contributed by atoms with Crippen LogP contribution < -0.4 is 0 Å². The molecule has 0 aliphatic rings. The van der Waals surface area contributed by atoms with E-state index in [-0.39, 0.29) is 104 Å². The first-order valence-corrected chi connectivity index (χ1v) is 11.3. The molecule has 0 amide bonds. The number of phenolic OH excluding ortho intramolecular Hbond substituents is 1. The van der Waals surface area contributed by atoms with E-state index in [0.29, 0.717) is 0 Å². The van der Waals surface area contributed by atoms with Gasteiger partial charge in [0.15, 0.2) is 11.4 Å². The fourth-order valence-electron chi connectivity index (χ4n) is 2.52. The minimum absolute atomic E-state index is 0. The van der Waals surface area contributed by atoms with E-state index in [9.17, 15) is 31.6 Å². The summed E-state index contributed by atoms with van der Waals surface area (Å²) in [5, 5.41) is 31.8. The van der Waals surface area contributed by atoms with Gasteiger partial charge in [0.1, 0.15) is 10.6 Å². The number of benzene rings is 2. The molecule has 0 aliphatic carbocycles. The molecule has 35 heavy (non-hydrogen) atoms. The predicted octanol–water partition coefficient (Wildman–Crippen LogP) is 1.03. The summed E-state index contributed by atoms with van der Waals surface area (Å²) < 4.78 is 64.6. The molecule has 6 N–H and O–H groups in total. The Labute approximate surface area is 259 Å². The Balaban J connectivity index is 0. The molecule has 0 atom stereocenters. The summed E-state index contributed by atoms with van der Waals surface area (Å²) in [6, 6.07) is 6.81. The van der Waals surface area contributed by atoms with Crippen LogP contribution in [0.5, 0.6) is 11.6 Å². The molecule has 0 unspecified atom stereocenters. The number of aromatic nitrogens is 2. The van der Waals surface area contributed by atoms with Gasteiger partial charge in [-0.3, -0.25) is 9.11 Å². The van der Waals surface area contributed by atoms with Crippen LogP contribution in [0.15, 0.2) is 56.4 Å². The third-order valence-electron chi connectivity index (χ3n) is 3.92. The zero-order valence-electron chi connectivity index (χ0n) is 16.3. The summed E-state index contributed by atoms with van der Waals surface area (Å²) in [6.45, 7) is 1.44. The summed E-state index contributed by atoms with van der Waals surface area (Å²) in [5.74, 6) is -1.48. The van der Waals surface area contributed by atoms with Crippen molar-refractivity contribution in [1.82, 2.24) is 9.78 Å². The molecule has 0 spiro atoms. The number of hydrogen-bond acceptors (Lipinski definition) is 9. The number of nitrogens with zero attached hydrogens (tertiary/aromatic N) is 4. The maximum absolute atomic E-state index is 11.3. The van der Waals surface area contributed by atoms with Gasteiger partial charge in [-0.25, -0.2) is 0 Å². The average Bonchev–Trinajstić information content (AvgIpc) is 2.94. The van der Waals surface area contributed by atoms with Crippen molar-refractivity contribution in [1.29, 1.82) is 0 Å². The molecule has 0 aliphatic heterocycles. The molecule has 0 saturated heterocycles. The molecule has 0 saturated carbocycles. The van der Waals surface area contributed by atoms with E-state index in [2.05, 4.69) is 15.3 Å². The second-order valence-electron chi connectivity index (χ2n) is 6.09. The van der Waals surface area contributed by atoms with Crippen molar-refractivity contribution in [3.63, 3.8) is 0 Å². The number of aromatic hydroxyl groups is 2. The molecule has 3 aromatic rings. The number of halogens is 1. The molecule has 0 radical (unpaired) electrons. The number of azo groups is 1. The molecule has 2 aromatic carbocycles. The Morgan fingerprint density at radius 3 is 2.11 bits per heavy atom. The van der Waals surface area contributed by atoms with Crippen LogP contribution >= 0.6 is 11.6 Å². The van der Waals surface area contributed by atoms with Gasteiger partial charge in [-0.2, -0.15) is 26.6 Å². The molecule has 19 heteroatoms. The molecular formula is C16H17ClCrN4Na2O9S2. The van der Waals surface area contributed by atoms with E-state index in [1.54, 1.807) is 0 Å². The second-order valence-corrected chi connectivity index (χ2v) is 9.34. The van der Waals surface area contributed by atoms with Crippen LogP contribution in [-0.2, 0) is 37.6 Å². The summed E-state index contributed by atoms with van der Waals surface area (Å²) in [4.78, 5) is -1.31. The summed E-state index contributed by atoms with van der Waals surface area (Å²) in [5.41, 5.74) is -0.392. The van der Waals surface area contributed by atoms with Crippen molar-refractivity contribution in [3.05, 3.63) is 47.1 Å². The first-order valence-electron chi connectivity index (χ1n) is 8.07. The first kappa shape index (κ1) is 36.6. The van der Waals surface area contributed by atoms with Crippen LogP contribution in [0.2, 0.25) is 5.02 Å². The zero-order chi connectivity index (χ0) is 23.1. The molecule has 182 valence electrons. The summed E-state index contributed by atoms with van der Waals surface area (Å²) in [6.07, 6.45) is 0. The Bertz CT molecular complexity index is 1450. The molecule has 0 fully saturated rings. The van der Waals surface area contributed by atoms with E-state index in [1.165, 1.54) is 19.1 Å². The van der Waals surface area contributed by atoms with E-state index >= 15 is 0 Å². The third kappa shape index (κ3) is 8.48. The SMILES string of the molecule is Cc1nn(-c2cccc(S(=O)(=O)O)c2)c(O)c1N=Nc1cc(Cl)cc(S(=O)(=O)O)c1O.O.[Cr].[NaH].[NaH]. The quantitative estimate of drug-likeness (QED) is 0.185. The predicted molar refractivity (Wildman–Crippen MR) is 125 cm³/mol. The zero-order valence-corrected chi connectivity index (χ0v) is 19.9. The topological polar surface area (TPSA) is 223 Å². The van der Waals surface area contributed by atoms with Gasteiger partial charge in [0.05, 0.1) is 16.3 Å². The number of hydrogen-bond donors (Lipinski definition) is 4. The van der Waals surface area contributed by atoms with E-state index in [4.69, 9.17) is 16.2 Å². The van der Waals surface area contributed by atoms with Crippen LogP contribution in [0.4, 0.5) is 11.4 Å². The third-order valence-corrected chi connectivity index (χ3v) is 5.86. The van der Waals surface area contributed by atoms with Gasteiger partial charge in [0.2, 0.25) is 5.88 Å². The normalized spacial score (nSPS) is 11.1. The van der Waals surface area contributed by atoms with Gasteiger partial charge in [-0.15, -0.1) is 10.2 Å². The van der Waals surface area contributed by atoms with Crippen LogP contribution in [0.25, 0.3) is 5.69 Å². The van der Waals surface area contributed by atoms with Crippen molar-refractivity contribution in [2.45, 2.75) is 16.7 Å². The Kier molecular flexibility index (Phi) is 14.5. The average molecular weight is 607 g/mol. The standard InChI is InChI=1S/C16H13ClN4O8S2.Cr.2Na.H2O.2H/c1-8-14(19-18-12-5-9(17)6-13(15(12)22)31(27,28)29)16(23)21(20-8)10-3-2-4-11(7-10)30(24,25)26;;;;;;/h2-7,22-23H,1H3,(H,24,25,26)(H,27,28,29);;;;1H2;;. The van der Waals surface area contributed by atoms with Gasteiger partial charge < -0.3 is 15.7 Å². The fourth-order valence-corrected chi connectivity index (χ4v) is 3.94. The Morgan fingerprint density at radius 1 is 0.971 bits per heavy atom. The van der Waals surface area contributed by atoms with Crippen LogP contribution in [0.3, 0.4) is 0 Å². The van der Waals surface area contributed by atoms with Crippen LogP contribution in [0.1, 0.15) is 5.69 Å². The molecule has 1 heterocycles. The fraction of sp³-hybridized carbons (Fsp3) is 0.0625. The Morgan fingerprint density at radius 2 is 1.57 bits per heavy atom. The molecule has 1 aromatic heterocycles. The van der Waals surface area contributed by atoms with E-state index < -0.39 is 47.3 Å². The Hall–Kier alpha value is -0.548. The minimum atomic E-state index is -4.80. The maximum atomic E-state index is 11.3. The number of rotatable bonds is 5. The summed E-state index contributed by atoms with van der Waals surface area (Å²) >= 11 is 5.78.